The molecule has 182 valence electrons. The molecule has 0 aliphatic carbocycles. The molecule has 0 atom stereocenters. The maximum absolute atomic E-state index is 13.6. The Hall–Kier alpha value is -3.62. The Balaban J connectivity index is 1.95. The first-order valence-electron chi connectivity index (χ1n) is 10.8. The Morgan fingerprint density at radius 1 is 1.00 bits per heavy atom. The minimum Gasteiger partial charge on any atom is -0.349 e. The van der Waals surface area contributed by atoms with Crippen molar-refractivity contribution in [1.82, 2.24) is 5.32 Å². The zero-order valence-corrected chi connectivity index (χ0v) is 21.0. The maximum atomic E-state index is 13.6. The third kappa shape index (κ3) is 6.29. The van der Waals surface area contributed by atoms with Crippen LogP contribution in [0.2, 0.25) is 5.02 Å². The fourth-order valence-corrected chi connectivity index (χ4v) is 4.84. The first-order valence-corrected chi connectivity index (χ1v) is 12.6. The van der Waals surface area contributed by atoms with Crippen LogP contribution in [0.4, 0.5) is 11.4 Å². The highest BCUT2D eigenvalue weighted by molar-refractivity contribution is 7.92. The van der Waals surface area contributed by atoms with Crippen LogP contribution in [0.1, 0.15) is 21.5 Å². The van der Waals surface area contributed by atoms with Crippen molar-refractivity contribution in [2.45, 2.75) is 18.7 Å². The summed E-state index contributed by atoms with van der Waals surface area (Å²) in [5, 5.41) is 5.73. The topological polar surface area (TPSA) is 95.6 Å². The summed E-state index contributed by atoms with van der Waals surface area (Å²) in [5.74, 6) is -0.995. The van der Waals surface area contributed by atoms with E-state index in [4.69, 9.17) is 11.6 Å². The van der Waals surface area contributed by atoms with E-state index < -0.39 is 22.5 Å². The minimum absolute atomic E-state index is 0.00266. The number of hydrogen-bond donors (Lipinski definition) is 2. The molecule has 3 aromatic rings. The highest BCUT2D eigenvalue weighted by Gasteiger charge is 2.28. The number of sulfonamides is 1. The molecular weight excluding hydrogens is 486 g/mol. The molecule has 0 saturated heterocycles. The van der Waals surface area contributed by atoms with Crippen molar-refractivity contribution in [2.24, 2.45) is 0 Å². The van der Waals surface area contributed by atoms with E-state index in [-0.39, 0.29) is 28.6 Å². The van der Waals surface area contributed by atoms with Gasteiger partial charge in [0.1, 0.15) is 6.54 Å². The Morgan fingerprint density at radius 3 is 2.34 bits per heavy atom. The van der Waals surface area contributed by atoms with E-state index in [1.165, 1.54) is 24.3 Å². The number of para-hydroxylation sites is 1. The smallest absolute Gasteiger partial charge is 0.264 e. The third-order valence-corrected chi connectivity index (χ3v) is 7.36. The molecule has 0 fully saturated rings. The summed E-state index contributed by atoms with van der Waals surface area (Å²) in [4.78, 5) is 25.5. The summed E-state index contributed by atoms with van der Waals surface area (Å²) >= 11 is 5.93. The van der Waals surface area contributed by atoms with Gasteiger partial charge < -0.3 is 10.6 Å². The normalized spacial score (nSPS) is 10.9. The predicted octanol–water partition coefficient (Wildman–Crippen LogP) is 4.71. The third-order valence-electron chi connectivity index (χ3n) is 5.32. The van der Waals surface area contributed by atoms with Crippen molar-refractivity contribution in [3.05, 3.63) is 101 Å². The molecule has 2 N–H and O–H groups in total. The van der Waals surface area contributed by atoms with Gasteiger partial charge in [-0.05, 0) is 73.5 Å². The molecule has 2 amide bonds. The van der Waals surface area contributed by atoms with Gasteiger partial charge in [0.2, 0.25) is 5.91 Å². The highest BCUT2D eigenvalue weighted by atomic mass is 35.5. The summed E-state index contributed by atoms with van der Waals surface area (Å²) in [6, 6.07) is 17.4. The molecule has 0 spiro atoms. The molecule has 3 rings (SSSR count). The SMILES string of the molecule is C=CCNC(=O)c1ccccc1NC(=O)CN(c1ccc(C)c(C)c1)S(=O)(=O)c1ccc(Cl)cc1. The molecule has 0 aliphatic heterocycles. The van der Waals surface area contributed by atoms with Crippen molar-refractivity contribution in [3.8, 4) is 0 Å². The van der Waals surface area contributed by atoms with Crippen LogP contribution in [-0.2, 0) is 14.8 Å². The number of aryl methyl sites for hydroxylation is 2. The monoisotopic (exact) mass is 511 g/mol. The number of anilines is 2. The summed E-state index contributed by atoms with van der Waals surface area (Å²) < 4.78 is 28.1. The van der Waals surface area contributed by atoms with Gasteiger partial charge in [-0.15, -0.1) is 6.58 Å². The van der Waals surface area contributed by atoms with Gasteiger partial charge >= 0.3 is 0 Å². The van der Waals surface area contributed by atoms with Crippen molar-refractivity contribution in [1.29, 1.82) is 0 Å². The van der Waals surface area contributed by atoms with Gasteiger partial charge in [0.05, 0.1) is 21.8 Å². The van der Waals surface area contributed by atoms with Crippen molar-refractivity contribution in [3.63, 3.8) is 0 Å². The van der Waals surface area contributed by atoms with Crippen LogP contribution >= 0.6 is 11.6 Å². The molecule has 7 nitrogen and oxygen atoms in total. The second-order valence-electron chi connectivity index (χ2n) is 7.83. The van der Waals surface area contributed by atoms with Gasteiger partial charge in [0.25, 0.3) is 15.9 Å². The number of nitrogens with zero attached hydrogens (tertiary/aromatic N) is 1. The van der Waals surface area contributed by atoms with Crippen molar-refractivity contribution in [2.75, 3.05) is 22.7 Å². The standard InChI is InChI=1S/C26H26ClN3O4S/c1-4-15-28-26(32)23-7-5-6-8-24(23)29-25(31)17-30(21-12-9-18(2)19(3)16-21)35(33,34)22-13-10-20(27)11-14-22/h4-14,16H,1,15,17H2,2-3H3,(H,28,32)(H,29,31). The van der Waals surface area contributed by atoms with E-state index in [1.807, 2.05) is 13.8 Å². The molecule has 0 radical (unpaired) electrons. The van der Waals surface area contributed by atoms with Crippen LogP contribution in [0.3, 0.4) is 0 Å². The Bertz CT molecular complexity index is 1360. The summed E-state index contributed by atoms with van der Waals surface area (Å²) in [6.07, 6.45) is 1.54. The number of hydrogen-bond acceptors (Lipinski definition) is 4. The van der Waals surface area contributed by atoms with E-state index in [2.05, 4.69) is 17.2 Å². The molecule has 0 aliphatic rings. The van der Waals surface area contributed by atoms with Crippen LogP contribution in [0, 0.1) is 13.8 Å². The van der Waals surface area contributed by atoms with Crippen LogP contribution in [0.5, 0.6) is 0 Å². The summed E-state index contributed by atoms with van der Waals surface area (Å²) in [5.41, 5.74) is 2.73. The lowest BCUT2D eigenvalue weighted by atomic mass is 10.1. The molecule has 35 heavy (non-hydrogen) atoms. The Morgan fingerprint density at radius 2 is 1.69 bits per heavy atom. The highest BCUT2D eigenvalue weighted by Crippen LogP contribution is 2.27. The van der Waals surface area contributed by atoms with Gasteiger partial charge in [-0.1, -0.05) is 35.9 Å². The molecular formula is C26H26ClN3O4S. The minimum atomic E-state index is -4.10. The fourth-order valence-electron chi connectivity index (χ4n) is 3.30. The number of halogens is 1. The summed E-state index contributed by atoms with van der Waals surface area (Å²) in [6.45, 7) is 7.11. The average molecular weight is 512 g/mol. The number of rotatable bonds is 9. The molecule has 9 heteroatoms. The van der Waals surface area contributed by atoms with Crippen LogP contribution in [-0.4, -0.2) is 33.3 Å². The first kappa shape index (κ1) is 26.0. The van der Waals surface area contributed by atoms with E-state index in [1.54, 1.807) is 48.5 Å². The lowest BCUT2D eigenvalue weighted by Crippen LogP contribution is -2.38. The molecule has 0 bridgehead atoms. The zero-order valence-electron chi connectivity index (χ0n) is 19.4. The van der Waals surface area contributed by atoms with E-state index in [0.717, 1.165) is 15.4 Å². The molecule has 0 unspecified atom stereocenters. The Labute approximate surface area is 210 Å². The second-order valence-corrected chi connectivity index (χ2v) is 10.1. The first-order chi connectivity index (χ1) is 16.6. The molecule has 3 aromatic carbocycles. The van der Waals surface area contributed by atoms with Crippen molar-refractivity contribution < 1.29 is 18.0 Å². The Kier molecular flexibility index (Phi) is 8.32. The van der Waals surface area contributed by atoms with Crippen molar-refractivity contribution >= 4 is 44.8 Å². The largest absolute Gasteiger partial charge is 0.349 e. The number of benzene rings is 3. The zero-order chi connectivity index (χ0) is 25.6. The van der Waals surface area contributed by atoms with Crippen LogP contribution in [0.15, 0.2) is 84.3 Å². The van der Waals surface area contributed by atoms with E-state index >= 15 is 0 Å². The van der Waals surface area contributed by atoms with Gasteiger partial charge in [-0.3, -0.25) is 13.9 Å². The molecule has 0 heterocycles. The quantitative estimate of drug-likeness (QED) is 0.407. The number of carbonyl (C=O) groups is 2. The van der Waals surface area contributed by atoms with Gasteiger partial charge in [0, 0.05) is 11.6 Å². The number of nitrogens with one attached hydrogen (secondary N) is 2. The van der Waals surface area contributed by atoms with Crippen LogP contribution < -0.4 is 14.9 Å². The van der Waals surface area contributed by atoms with Gasteiger partial charge in [-0.2, -0.15) is 0 Å². The van der Waals surface area contributed by atoms with Crippen LogP contribution in [0.25, 0.3) is 0 Å². The maximum Gasteiger partial charge on any atom is 0.264 e. The molecule has 0 saturated carbocycles. The molecule has 0 aromatic heterocycles. The lowest BCUT2D eigenvalue weighted by Gasteiger charge is -2.25. The number of amides is 2. The van der Waals surface area contributed by atoms with Gasteiger partial charge in [0.15, 0.2) is 0 Å². The average Bonchev–Trinajstić information content (AvgIpc) is 2.83. The van der Waals surface area contributed by atoms with Gasteiger partial charge in [-0.25, -0.2) is 8.42 Å². The fraction of sp³-hybridized carbons (Fsp3) is 0.154. The lowest BCUT2D eigenvalue weighted by molar-refractivity contribution is -0.114. The van der Waals surface area contributed by atoms with E-state index in [9.17, 15) is 18.0 Å². The predicted molar refractivity (Wildman–Crippen MR) is 140 cm³/mol. The van der Waals surface area contributed by atoms with E-state index in [0.29, 0.717) is 10.7 Å². The second kappa shape index (κ2) is 11.2. The summed E-state index contributed by atoms with van der Waals surface area (Å²) in [7, 11) is -4.10. The number of carbonyl (C=O) groups excluding carboxylic acids is 2.